The van der Waals surface area contributed by atoms with Crippen molar-refractivity contribution < 1.29 is 9.47 Å². The highest BCUT2D eigenvalue weighted by Crippen LogP contribution is 2.34. The molecule has 0 N–H and O–H groups in total. The molecule has 0 radical (unpaired) electrons. The van der Waals surface area contributed by atoms with E-state index in [2.05, 4.69) is 66.2 Å². The lowest BCUT2D eigenvalue weighted by Gasteiger charge is -2.21. The van der Waals surface area contributed by atoms with Crippen LogP contribution in [-0.4, -0.2) is 18.5 Å². The van der Waals surface area contributed by atoms with Gasteiger partial charge < -0.3 is 9.47 Å². The number of alkyl halides is 1. The zero-order chi connectivity index (χ0) is 16.8. The van der Waals surface area contributed by atoms with Gasteiger partial charge in [-0.1, -0.05) is 28.1 Å². The highest BCUT2D eigenvalue weighted by atomic mass is 79.9. The Morgan fingerprint density at radius 1 is 0.826 bits per heavy atom. The van der Waals surface area contributed by atoms with Crippen molar-refractivity contribution in [3.63, 3.8) is 0 Å². The molecule has 2 aromatic carbocycles. The molecule has 0 aromatic heterocycles. The molecule has 0 spiro atoms. The summed E-state index contributed by atoms with van der Waals surface area (Å²) in [4.78, 5) is 0. The molecule has 0 unspecified atom stereocenters. The normalized spacial score (nSPS) is 10.9. The minimum atomic E-state index is 0.321. The maximum absolute atomic E-state index is 5.60. The molecule has 3 heteroatoms. The van der Waals surface area contributed by atoms with Gasteiger partial charge in [-0.25, -0.2) is 0 Å². The van der Waals surface area contributed by atoms with Crippen LogP contribution < -0.4 is 9.47 Å². The van der Waals surface area contributed by atoms with Crippen LogP contribution in [0.2, 0.25) is 0 Å². The molecule has 0 atom stereocenters. The Balaban J connectivity index is 2.36. The first kappa shape index (κ1) is 17.9. The highest BCUT2D eigenvalue weighted by molar-refractivity contribution is 9.09. The largest absolute Gasteiger partial charge is 0.494 e. The fourth-order valence-electron chi connectivity index (χ4n) is 2.92. The van der Waals surface area contributed by atoms with Crippen LogP contribution in [0.15, 0.2) is 36.4 Å². The standard InChI is InChI=1S/C20H25BrO2/c1-5-22-16-7-9-18(14(3)11-16)20(13-21)19-10-8-17(23-6-2)12-15(19)4/h7-12,20H,5-6,13H2,1-4H3. The maximum atomic E-state index is 5.60. The summed E-state index contributed by atoms with van der Waals surface area (Å²) in [6, 6.07) is 12.7. The highest BCUT2D eigenvalue weighted by Gasteiger charge is 2.18. The first-order valence-corrected chi connectivity index (χ1v) is 9.25. The first-order chi connectivity index (χ1) is 11.1. The molecule has 0 amide bonds. The number of rotatable bonds is 7. The van der Waals surface area contributed by atoms with E-state index in [0.29, 0.717) is 19.1 Å². The van der Waals surface area contributed by atoms with E-state index in [4.69, 9.17) is 9.47 Å². The van der Waals surface area contributed by atoms with Gasteiger partial charge in [-0.15, -0.1) is 0 Å². The molecule has 0 saturated carbocycles. The van der Waals surface area contributed by atoms with E-state index >= 15 is 0 Å². The van der Waals surface area contributed by atoms with Gasteiger partial charge in [0.1, 0.15) is 11.5 Å². The lowest BCUT2D eigenvalue weighted by Crippen LogP contribution is -2.07. The van der Waals surface area contributed by atoms with Gasteiger partial charge in [0, 0.05) is 11.2 Å². The van der Waals surface area contributed by atoms with Gasteiger partial charge >= 0.3 is 0 Å². The van der Waals surface area contributed by atoms with E-state index < -0.39 is 0 Å². The molecule has 0 fully saturated rings. The van der Waals surface area contributed by atoms with Gasteiger partial charge in [-0.05, 0) is 74.2 Å². The predicted octanol–water partition coefficient (Wildman–Crippen LogP) is 5.63. The minimum absolute atomic E-state index is 0.321. The summed E-state index contributed by atoms with van der Waals surface area (Å²) < 4.78 is 11.2. The Kier molecular flexibility index (Phi) is 6.52. The Bertz CT molecular complexity index is 597. The van der Waals surface area contributed by atoms with E-state index in [9.17, 15) is 0 Å². The van der Waals surface area contributed by atoms with E-state index in [1.54, 1.807) is 0 Å². The maximum Gasteiger partial charge on any atom is 0.119 e. The lowest BCUT2D eigenvalue weighted by molar-refractivity contribution is 0.340. The number of hydrogen-bond donors (Lipinski definition) is 0. The molecule has 23 heavy (non-hydrogen) atoms. The molecule has 0 heterocycles. The fourth-order valence-corrected chi connectivity index (χ4v) is 3.62. The molecule has 124 valence electrons. The summed E-state index contributed by atoms with van der Waals surface area (Å²) >= 11 is 3.69. The number of halogens is 1. The zero-order valence-corrected chi connectivity index (χ0v) is 15.9. The monoisotopic (exact) mass is 376 g/mol. The average Bonchev–Trinajstić information content (AvgIpc) is 2.52. The summed E-state index contributed by atoms with van der Waals surface area (Å²) in [5.41, 5.74) is 5.18. The molecule has 0 aliphatic rings. The summed E-state index contributed by atoms with van der Waals surface area (Å²) in [6.07, 6.45) is 0. The van der Waals surface area contributed by atoms with Crippen molar-refractivity contribution in [2.75, 3.05) is 18.5 Å². The summed E-state index contributed by atoms with van der Waals surface area (Å²) in [6.45, 7) is 9.70. The molecule has 2 nitrogen and oxygen atoms in total. The fraction of sp³-hybridized carbons (Fsp3) is 0.400. The summed E-state index contributed by atoms with van der Waals surface area (Å²) in [5.74, 6) is 2.19. The van der Waals surface area contributed by atoms with Crippen LogP contribution in [0.3, 0.4) is 0 Å². The van der Waals surface area contributed by atoms with Crippen LogP contribution in [0.1, 0.15) is 42.0 Å². The molecule has 2 rings (SSSR count). The van der Waals surface area contributed by atoms with Gasteiger partial charge in [-0.2, -0.15) is 0 Å². The minimum Gasteiger partial charge on any atom is -0.494 e. The van der Waals surface area contributed by atoms with Gasteiger partial charge in [-0.3, -0.25) is 0 Å². The average molecular weight is 377 g/mol. The SMILES string of the molecule is CCOc1ccc(C(CBr)c2ccc(OCC)cc2C)c(C)c1. The zero-order valence-electron chi connectivity index (χ0n) is 14.4. The third kappa shape index (κ3) is 4.29. The van der Waals surface area contributed by atoms with Gasteiger partial charge in [0.15, 0.2) is 0 Å². The smallest absolute Gasteiger partial charge is 0.119 e. The van der Waals surface area contributed by atoms with Crippen molar-refractivity contribution in [2.24, 2.45) is 0 Å². The van der Waals surface area contributed by atoms with Crippen LogP contribution in [-0.2, 0) is 0 Å². The van der Waals surface area contributed by atoms with Gasteiger partial charge in [0.05, 0.1) is 13.2 Å². The quantitative estimate of drug-likeness (QED) is 0.583. The van der Waals surface area contributed by atoms with Crippen LogP contribution in [0, 0.1) is 13.8 Å². The van der Waals surface area contributed by atoms with E-state index in [1.165, 1.54) is 22.3 Å². The third-order valence-corrected chi connectivity index (χ3v) is 4.66. The second kappa shape index (κ2) is 8.39. The topological polar surface area (TPSA) is 18.5 Å². The molecule has 0 bridgehead atoms. The van der Waals surface area contributed by atoms with Crippen LogP contribution >= 0.6 is 15.9 Å². The van der Waals surface area contributed by atoms with Crippen molar-refractivity contribution in [3.05, 3.63) is 58.7 Å². The lowest BCUT2D eigenvalue weighted by atomic mass is 9.87. The number of aryl methyl sites for hydroxylation is 2. The van der Waals surface area contributed by atoms with Gasteiger partial charge in [0.2, 0.25) is 0 Å². The molecule has 2 aromatic rings. The third-order valence-electron chi connectivity index (χ3n) is 4.01. The van der Waals surface area contributed by atoms with Crippen LogP contribution in [0.4, 0.5) is 0 Å². The second-order valence-corrected chi connectivity index (χ2v) is 6.26. The van der Waals surface area contributed by atoms with Crippen molar-refractivity contribution in [2.45, 2.75) is 33.6 Å². The van der Waals surface area contributed by atoms with E-state index in [-0.39, 0.29) is 0 Å². The summed E-state index contributed by atoms with van der Waals surface area (Å²) in [5, 5.41) is 0.886. The molecular weight excluding hydrogens is 352 g/mol. The number of ether oxygens (including phenoxy) is 2. The molecule has 0 aliphatic carbocycles. The van der Waals surface area contributed by atoms with E-state index in [0.717, 1.165) is 16.8 Å². The molecule has 0 saturated heterocycles. The van der Waals surface area contributed by atoms with Crippen molar-refractivity contribution in [3.8, 4) is 11.5 Å². The van der Waals surface area contributed by atoms with Crippen molar-refractivity contribution >= 4 is 15.9 Å². The Hall–Kier alpha value is -1.48. The van der Waals surface area contributed by atoms with Crippen LogP contribution in [0.25, 0.3) is 0 Å². The first-order valence-electron chi connectivity index (χ1n) is 8.13. The second-order valence-electron chi connectivity index (χ2n) is 5.61. The number of benzene rings is 2. The predicted molar refractivity (Wildman–Crippen MR) is 100 cm³/mol. The van der Waals surface area contributed by atoms with Crippen molar-refractivity contribution in [1.29, 1.82) is 0 Å². The van der Waals surface area contributed by atoms with Crippen LogP contribution in [0.5, 0.6) is 11.5 Å². The summed E-state index contributed by atoms with van der Waals surface area (Å²) in [7, 11) is 0. The molecular formula is C20H25BrO2. The van der Waals surface area contributed by atoms with E-state index in [1.807, 2.05) is 13.8 Å². The Morgan fingerprint density at radius 3 is 1.57 bits per heavy atom. The van der Waals surface area contributed by atoms with Gasteiger partial charge in [0.25, 0.3) is 0 Å². The number of hydrogen-bond acceptors (Lipinski definition) is 2. The Labute approximate surface area is 148 Å². The molecule has 0 aliphatic heterocycles. The Morgan fingerprint density at radius 2 is 1.26 bits per heavy atom. The van der Waals surface area contributed by atoms with Crippen molar-refractivity contribution in [1.82, 2.24) is 0 Å².